The van der Waals surface area contributed by atoms with Gasteiger partial charge in [-0.25, -0.2) is 9.67 Å². The van der Waals surface area contributed by atoms with Gasteiger partial charge in [0.25, 0.3) is 5.91 Å². The van der Waals surface area contributed by atoms with Crippen LogP contribution in [0.4, 0.5) is 5.95 Å². The number of carbonyl (C=O) groups excluding carboxylic acids is 1. The molecule has 0 fully saturated rings. The molecule has 30 heavy (non-hydrogen) atoms. The molecule has 2 aromatic carbocycles. The van der Waals surface area contributed by atoms with Crippen LogP contribution < -0.4 is 10.1 Å². The number of methoxy groups -OCH3 is 1. The smallest absolute Gasteiger partial charge is 0.271 e. The van der Waals surface area contributed by atoms with Gasteiger partial charge in [-0.05, 0) is 24.3 Å². The molecule has 4 rings (SSSR count). The number of carbonyl (C=O) groups is 1. The van der Waals surface area contributed by atoms with Crippen molar-refractivity contribution in [3.63, 3.8) is 0 Å². The highest BCUT2D eigenvalue weighted by molar-refractivity contribution is 6.35. The van der Waals surface area contributed by atoms with Gasteiger partial charge in [0.2, 0.25) is 12.1 Å². The molecule has 10 heteroatoms. The standard InChI is InChI=1S/C20H17Cl2N5O3/c1-29-17-8-3-2-5-12(17)16-9-18(30-26-16)19(28)24-20-23-11-27(25-20)10-13-14(21)6-4-7-15(13)22/h2-8,11,18H,9-10H2,1H3,(H,24,25,28). The Labute approximate surface area is 182 Å². The molecule has 0 saturated carbocycles. The van der Waals surface area contributed by atoms with Crippen LogP contribution in [0.3, 0.4) is 0 Å². The molecule has 2 heterocycles. The van der Waals surface area contributed by atoms with Crippen molar-refractivity contribution in [1.29, 1.82) is 0 Å². The SMILES string of the molecule is COc1ccccc1C1=NOC(C(=O)Nc2ncn(Cc3c(Cl)cccc3Cl)n2)C1. The lowest BCUT2D eigenvalue weighted by Crippen LogP contribution is -2.28. The van der Waals surface area contributed by atoms with Gasteiger partial charge in [-0.1, -0.05) is 46.6 Å². The molecule has 8 nitrogen and oxygen atoms in total. The van der Waals surface area contributed by atoms with Crippen LogP contribution in [0.1, 0.15) is 17.5 Å². The van der Waals surface area contributed by atoms with Gasteiger partial charge in [-0.2, -0.15) is 0 Å². The van der Waals surface area contributed by atoms with Gasteiger partial charge in [0.15, 0.2) is 0 Å². The Kier molecular flexibility index (Phi) is 5.87. The fourth-order valence-electron chi connectivity index (χ4n) is 3.02. The van der Waals surface area contributed by atoms with Crippen LogP contribution in [0.5, 0.6) is 5.75 Å². The highest BCUT2D eigenvalue weighted by atomic mass is 35.5. The van der Waals surface area contributed by atoms with E-state index in [1.165, 1.54) is 11.0 Å². The number of hydrogen-bond donors (Lipinski definition) is 1. The Morgan fingerprint density at radius 2 is 2.00 bits per heavy atom. The Morgan fingerprint density at radius 3 is 2.77 bits per heavy atom. The third kappa shape index (κ3) is 4.24. The monoisotopic (exact) mass is 445 g/mol. The Morgan fingerprint density at radius 1 is 1.23 bits per heavy atom. The molecule has 1 amide bonds. The average molecular weight is 446 g/mol. The van der Waals surface area contributed by atoms with E-state index in [4.69, 9.17) is 32.8 Å². The van der Waals surface area contributed by atoms with Crippen molar-refractivity contribution in [3.8, 4) is 5.75 Å². The zero-order valence-electron chi connectivity index (χ0n) is 15.9. The zero-order chi connectivity index (χ0) is 21.1. The highest BCUT2D eigenvalue weighted by Crippen LogP contribution is 2.26. The summed E-state index contributed by atoms with van der Waals surface area (Å²) >= 11 is 12.4. The van der Waals surface area contributed by atoms with Gasteiger partial charge >= 0.3 is 0 Å². The number of benzene rings is 2. The van der Waals surface area contributed by atoms with Crippen molar-refractivity contribution in [3.05, 3.63) is 70.0 Å². The molecule has 1 aliphatic rings. The second-order valence-electron chi connectivity index (χ2n) is 6.49. The van der Waals surface area contributed by atoms with Crippen LogP contribution in [-0.4, -0.2) is 39.6 Å². The van der Waals surface area contributed by atoms with E-state index in [9.17, 15) is 4.79 Å². The van der Waals surface area contributed by atoms with Crippen LogP contribution in [0.15, 0.2) is 53.9 Å². The quantitative estimate of drug-likeness (QED) is 0.623. The van der Waals surface area contributed by atoms with Gasteiger partial charge in [0, 0.05) is 27.6 Å². The summed E-state index contributed by atoms with van der Waals surface area (Å²) in [6, 6.07) is 12.7. The summed E-state index contributed by atoms with van der Waals surface area (Å²) in [6.07, 6.45) is 1.01. The lowest BCUT2D eigenvalue weighted by molar-refractivity contribution is -0.125. The molecule has 3 aromatic rings. The number of amides is 1. The first kappa shape index (κ1) is 20.2. The number of halogens is 2. The Bertz CT molecular complexity index is 1100. The average Bonchev–Trinajstić information content (AvgIpc) is 3.40. The predicted molar refractivity (Wildman–Crippen MR) is 113 cm³/mol. The van der Waals surface area contributed by atoms with Crippen LogP contribution in [0.25, 0.3) is 0 Å². The van der Waals surface area contributed by atoms with Crippen LogP contribution >= 0.6 is 23.2 Å². The van der Waals surface area contributed by atoms with Crippen molar-refractivity contribution in [1.82, 2.24) is 14.8 Å². The number of para-hydroxylation sites is 1. The summed E-state index contributed by atoms with van der Waals surface area (Å²) in [6.45, 7) is 0.322. The van der Waals surface area contributed by atoms with E-state index in [1.54, 1.807) is 25.3 Å². The van der Waals surface area contributed by atoms with Crippen molar-refractivity contribution < 1.29 is 14.4 Å². The number of hydrogen-bond acceptors (Lipinski definition) is 6. The van der Waals surface area contributed by atoms with E-state index in [0.29, 0.717) is 34.5 Å². The molecule has 1 atom stereocenters. The molecule has 1 unspecified atom stereocenters. The summed E-state index contributed by atoms with van der Waals surface area (Å²) < 4.78 is 6.88. The maximum Gasteiger partial charge on any atom is 0.271 e. The lowest BCUT2D eigenvalue weighted by Gasteiger charge is -2.08. The summed E-state index contributed by atoms with van der Waals surface area (Å²) in [5, 5.41) is 12.0. The molecule has 0 aliphatic carbocycles. The third-order valence-electron chi connectivity index (χ3n) is 4.53. The minimum absolute atomic E-state index is 0.150. The summed E-state index contributed by atoms with van der Waals surface area (Å²) in [5.74, 6) is 0.425. The first-order valence-corrected chi connectivity index (χ1v) is 9.80. The second kappa shape index (κ2) is 8.73. The minimum Gasteiger partial charge on any atom is -0.496 e. The van der Waals surface area contributed by atoms with Crippen molar-refractivity contribution in [2.75, 3.05) is 12.4 Å². The fraction of sp³-hybridized carbons (Fsp3) is 0.200. The molecular weight excluding hydrogens is 429 g/mol. The van der Waals surface area contributed by atoms with E-state index in [1.807, 2.05) is 24.3 Å². The predicted octanol–water partition coefficient (Wildman–Crippen LogP) is 3.77. The van der Waals surface area contributed by atoms with Gasteiger partial charge in [0.1, 0.15) is 12.1 Å². The van der Waals surface area contributed by atoms with Crippen molar-refractivity contribution in [2.45, 2.75) is 19.1 Å². The van der Waals surface area contributed by atoms with E-state index in [0.717, 1.165) is 11.1 Å². The Hall–Kier alpha value is -3.10. The molecule has 0 saturated heterocycles. The fourth-order valence-corrected chi connectivity index (χ4v) is 3.54. The van der Waals surface area contributed by atoms with Crippen LogP contribution in [-0.2, 0) is 16.2 Å². The first-order valence-electron chi connectivity index (χ1n) is 9.04. The van der Waals surface area contributed by atoms with E-state index in [2.05, 4.69) is 20.6 Å². The number of anilines is 1. The largest absolute Gasteiger partial charge is 0.496 e. The van der Waals surface area contributed by atoms with Crippen molar-refractivity contribution in [2.24, 2.45) is 5.16 Å². The molecule has 0 spiro atoms. The summed E-state index contributed by atoms with van der Waals surface area (Å²) in [4.78, 5) is 22.0. The lowest BCUT2D eigenvalue weighted by atomic mass is 10.0. The number of ether oxygens (including phenoxy) is 1. The molecule has 1 aromatic heterocycles. The summed E-state index contributed by atoms with van der Waals surface area (Å²) in [7, 11) is 1.58. The highest BCUT2D eigenvalue weighted by Gasteiger charge is 2.30. The van der Waals surface area contributed by atoms with E-state index < -0.39 is 12.0 Å². The number of nitrogens with zero attached hydrogens (tertiary/aromatic N) is 4. The minimum atomic E-state index is -0.783. The molecule has 1 N–H and O–H groups in total. The maximum absolute atomic E-state index is 12.5. The van der Waals surface area contributed by atoms with Crippen LogP contribution in [0, 0.1) is 0 Å². The molecule has 154 valence electrons. The van der Waals surface area contributed by atoms with Crippen molar-refractivity contribution >= 4 is 40.8 Å². The number of rotatable bonds is 6. The normalized spacial score (nSPS) is 15.4. The van der Waals surface area contributed by atoms with E-state index >= 15 is 0 Å². The van der Waals surface area contributed by atoms with E-state index in [-0.39, 0.29) is 5.95 Å². The molecule has 1 aliphatic heterocycles. The Balaban J connectivity index is 1.39. The first-order chi connectivity index (χ1) is 14.5. The number of aromatic nitrogens is 3. The van der Waals surface area contributed by atoms with Crippen LogP contribution in [0.2, 0.25) is 10.0 Å². The summed E-state index contributed by atoms with van der Waals surface area (Å²) in [5.41, 5.74) is 2.14. The van der Waals surface area contributed by atoms with Gasteiger partial charge in [-0.15, -0.1) is 5.10 Å². The topological polar surface area (TPSA) is 90.6 Å². The van der Waals surface area contributed by atoms with Gasteiger partial charge in [0.05, 0.1) is 19.4 Å². The van der Waals surface area contributed by atoms with Gasteiger partial charge in [-0.3, -0.25) is 10.1 Å². The zero-order valence-corrected chi connectivity index (χ0v) is 17.4. The molecular formula is C20H17Cl2N5O3. The molecule has 0 bridgehead atoms. The second-order valence-corrected chi connectivity index (χ2v) is 7.31. The number of oxime groups is 1. The van der Waals surface area contributed by atoms with Gasteiger partial charge < -0.3 is 9.57 Å². The molecule has 0 radical (unpaired) electrons. The number of nitrogens with one attached hydrogen (secondary N) is 1. The third-order valence-corrected chi connectivity index (χ3v) is 5.24. The maximum atomic E-state index is 12.5.